The van der Waals surface area contributed by atoms with Gasteiger partial charge < -0.3 is 9.47 Å². The lowest BCUT2D eigenvalue weighted by atomic mass is 10.1. The molecule has 0 spiro atoms. The largest absolute Gasteiger partial charge is 0.322 e. The summed E-state index contributed by atoms with van der Waals surface area (Å²) in [6.07, 6.45) is 3.13. The zero-order valence-electron chi connectivity index (χ0n) is 9.57. The molecule has 1 aromatic rings. The van der Waals surface area contributed by atoms with Gasteiger partial charge in [-0.2, -0.15) is 0 Å². The van der Waals surface area contributed by atoms with Gasteiger partial charge in [-0.25, -0.2) is 4.98 Å². The van der Waals surface area contributed by atoms with Crippen molar-refractivity contribution in [3.8, 4) is 0 Å². The van der Waals surface area contributed by atoms with E-state index in [0.29, 0.717) is 17.2 Å². The predicted molar refractivity (Wildman–Crippen MR) is 62.3 cm³/mol. The molecule has 1 aliphatic rings. The minimum absolute atomic E-state index is 0.591. The lowest BCUT2D eigenvalue weighted by Gasteiger charge is -2.20. The van der Waals surface area contributed by atoms with E-state index in [1.807, 2.05) is 17.8 Å². The Balaban J connectivity index is 2.11. The Morgan fingerprint density at radius 3 is 2.73 bits per heavy atom. The molecule has 4 heteroatoms. The van der Waals surface area contributed by atoms with E-state index in [-0.39, 0.29) is 0 Å². The van der Waals surface area contributed by atoms with Crippen LogP contribution in [0.2, 0.25) is 5.28 Å². The number of imidazole rings is 1. The number of hydrogen-bond acceptors (Lipinski definition) is 2. The fourth-order valence-electron chi connectivity index (χ4n) is 2.28. The Kier molecular flexibility index (Phi) is 3.03. The maximum absolute atomic E-state index is 5.94. The molecule has 1 saturated heterocycles. The molecule has 2 rings (SSSR count). The van der Waals surface area contributed by atoms with E-state index in [9.17, 15) is 0 Å². The predicted octanol–water partition coefficient (Wildman–Crippen LogP) is 2.27. The number of nitrogens with zero attached hydrogens (tertiary/aromatic N) is 3. The second-order valence-electron chi connectivity index (χ2n) is 4.59. The second-order valence-corrected chi connectivity index (χ2v) is 4.92. The summed E-state index contributed by atoms with van der Waals surface area (Å²) in [4.78, 5) is 6.65. The van der Waals surface area contributed by atoms with Gasteiger partial charge in [-0.15, -0.1) is 0 Å². The molecule has 84 valence electrons. The van der Waals surface area contributed by atoms with Crippen molar-refractivity contribution < 1.29 is 0 Å². The fraction of sp³-hybridized carbons (Fsp3) is 0.727. The summed E-state index contributed by atoms with van der Waals surface area (Å²) in [6, 6.07) is 0.638. The molecule has 3 nitrogen and oxygen atoms in total. The van der Waals surface area contributed by atoms with Gasteiger partial charge in [0.2, 0.25) is 5.28 Å². The Labute approximate surface area is 96.0 Å². The van der Waals surface area contributed by atoms with Crippen LogP contribution < -0.4 is 0 Å². The SMILES string of the molecule is CC(C)N1CCC(c2cnc(Cl)n2C)C1. The molecule has 0 aliphatic carbocycles. The number of aromatic nitrogens is 2. The normalized spacial score (nSPS) is 22.9. The Morgan fingerprint density at radius 2 is 2.27 bits per heavy atom. The molecule has 1 unspecified atom stereocenters. The smallest absolute Gasteiger partial charge is 0.202 e. The molecule has 0 N–H and O–H groups in total. The third-order valence-corrected chi connectivity index (χ3v) is 3.69. The average molecular weight is 228 g/mol. The Morgan fingerprint density at radius 1 is 1.53 bits per heavy atom. The van der Waals surface area contributed by atoms with Crippen molar-refractivity contribution in [3.05, 3.63) is 17.2 Å². The van der Waals surface area contributed by atoms with Crippen molar-refractivity contribution in [1.82, 2.24) is 14.5 Å². The standard InChI is InChI=1S/C11H18ClN3/c1-8(2)15-5-4-9(7-15)10-6-13-11(12)14(10)3/h6,8-9H,4-5,7H2,1-3H3. The van der Waals surface area contributed by atoms with Crippen LogP contribution in [0.25, 0.3) is 0 Å². The van der Waals surface area contributed by atoms with Crippen molar-refractivity contribution >= 4 is 11.6 Å². The van der Waals surface area contributed by atoms with E-state index < -0.39 is 0 Å². The molecule has 1 atom stereocenters. The first-order valence-electron chi connectivity index (χ1n) is 5.50. The highest BCUT2D eigenvalue weighted by Crippen LogP contribution is 2.29. The number of rotatable bonds is 2. The van der Waals surface area contributed by atoms with Crippen LogP contribution in [0.3, 0.4) is 0 Å². The number of halogens is 1. The van der Waals surface area contributed by atoms with Gasteiger partial charge in [0.05, 0.1) is 6.20 Å². The molecule has 0 bridgehead atoms. The van der Waals surface area contributed by atoms with Crippen molar-refractivity contribution in [1.29, 1.82) is 0 Å². The molecule has 0 aromatic carbocycles. The quantitative estimate of drug-likeness (QED) is 0.773. The summed E-state index contributed by atoms with van der Waals surface area (Å²) in [6.45, 7) is 6.82. The van der Waals surface area contributed by atoms with Gasteiger partial charge in [0.15, 0.2) is 0 Å². The summed E-state index contributed by atoms with van der Waals surface area (Å²) in [5, 5.41) is 0.591. The summed E-state index contributed by atoms with van der Waals surface area (Å²) in [5.41, 5.74) is 1.27. The Hall–Kier alpha value is -0.540. The van der Waals surface area contributed by atoms with E-state index in [1.54, 1.807) is 0 Å². The van der Waals surface area contributed by atoms with Gasteiger partial charge >= 0.3 is 0 Å². The molecule has 0 amide bonds. The maximum atomic E-state index is 5.94. The minimum atomic E-state index is 0.591. The monoisotopic (exact) mass is 227 g/mol. The van der Waals surface area contributed by atoms with Crippen molar-refractivity contribution in [2.75, 3.05) is 13.1 Å². The van der Waals surface area contributed by atoms with E-state index in [1.165, 1.54) is 18.7 Å². The van der Waals surface area contributed by atoms with Crippen LogP contribution in [0.15, 0.2) is 6.20 Å². The summed E-state index contributed by atoms with van der Waals surface area (Å²) in [5.74, 6) is 0.595. The number of hydrogen-bond donors (Lipinski definition) is 0. The maximum Gasteiger partial charge on any atom is 0.202 e. The van der Waals surface area contributed by atoms with Gasteiger partial charge in [0, 0.05) is 31.2 Å². The highest BCUT2D eigenvalue weighted by molar-refractivity contribution is 6.28. The average Bonchev–Trinajstić information content (AvgIpc) is 2.76. The van der Waals surface area contributed by atoms with Crippen molar-refractivity contribution in [3.63, 3.8) is 0 Å². The van der Waals surface area contributed by atoms with E-state index in [4.69, 9.17) is 11.6 Å². The van der Waals surface area contributed by atoms with Crippen LogP contribution in [0.1, 0.15) is 31.9 Å². The van der Waals surface area contributed by atoms with Crippen LogP contribution >= 0.6 is 11.6 Å². The van der Waals surface area contributed by atoms with Crippen LogP contribution in [-0.4, -0.2) is 33.6 Å². The lowest BCUT2D eigenvalue weighted by molar-refractivity contribution is 0.272. The topological polar surface area (TPSA) is 21.1 Å². The van der Waals surface area contributed by atoms with Gasteiger partial charge in [-0.3, -0.25) is 0 Å². The molecule has 1 aliphatic heterocycles. The Bertz CT molecular complexity index is 346. The zero-order chi connectivity index (χ0) is 11.0. The zero-order valence-corrected chi connectivity index (χ0v) is 10.3. The van der Waals surface area contributed by atoms with Crippen molar-refractivity contribution in [2.24, 2.45) is 7.05 Å². The third kappa shape index (κ3) is 2.04. The first kappa shape index (κ1) is 11.0. The van der Waals surface area contributed by atoms with Crippen LogP contribution in [-0.2, 0) is 7.05 Å². The molecule has 2 heterocycles. The molecule has 1 aromatic heterocycles. The third-order valence-electron chi connectivity index (χ3n) is 3.34. The van der Waals surface area contributed by atoms with Crippen LogP contribution in [0.5, 0.6) is 0 Å². The molecule has 15 heavy (non-hydrogen) atoms. The second kappa shape index (κ2) is 4.14. The minimum Gasteiger partial charge on any atom is -0.322 e. The van der Waals surface area contributed by atoms with Crippen LogP contribution in [0, 0.1) is 0 Å². The van der Waals surface area contributed by atoms with Gasteiger partial charge in [0.1, 0.15) is 0 Å². The lowest BCUT2D eigenvalue weighted by Crippen LogP contribution is -2.28. The molecular weight excluding hydrogens is 210 g/mol. The first-order valence-corrected chi connectivity index (χ1v) is 5.88. The van der Waals surface area contributed by atoms with Crippen molar-refractivity contribution in [2.45, 2.75) is 32.2 Å². The van der Waals surface area contributed by atoms with E-state index in [2.05, 4.69) is 23.7 Å². The van der Waals surface area contributed by atoms with Gasteiger partial charge in [-0.05, 0) is 38.4 Å². The van der Waals surface area contributed by atoms with Crippen LogP contribution in [0.4, 0.5) is 0 Å². The summed E-state index contributed by atoms with van der Waals surface area (Å²) in [7, 11) is 1.99. The highest BCUT2D eigenvalue weighted by Gasteiger charge is 2.27. The molecule has 1 fully saturated rings. The van der Waals surface area contributed by atoms with Gasteiger partial charge in [0.25, 0.3) is 0 Å². The molecule has 0 radical (unpaired) electrons. The van der Waals surface area contributed by atoms with E-state index >= 15 is 0 Å². The molecular formula is C11H18ClN3. The summed E-state index contributed by atoms with van der Waals surface area (Å²) < 4.78 is 2.00. The first-order chi connectivity index (χ1) is 7.09. The highest BCUT2D eigenvalue weighted by atomic mass is 35.5. The molecule has 0 saturated carbocycles. The number of likely N-dealkylation sites (tertiary alicyclic amines) is 1. The van der Waals surface area contributed by atoms with E-state index in [0.717, 1.165) is 6.54 Å². The fourth-order valence-corrected chi connectivity index (χ4v) is 2.42. The van der Waals surface area contributed by atoms with Gasteiger partial charge in [-0.1, -0.05) is 0 Å². The summed E-state index contributed by atoms with van der Waals surface area (Å²) >= 11 is 5.94.